The summed E-state index contributed by atoms with van der Waals surface area (Å²) in [4.78, 5) is 1.13. The molecule has 0 saturated heterocycles. The predicted molar refractivity (Wildman–Crippen MR) is 272 cm³/mol. The third-order valence-corrected chi connectivity index (χ3v) is 20.7. The largest absolute Gasteiger partial charge is 0.497 e. The molecule has 0 spiro atoms. The number of thioether (sulfide) groups is 1. The van der Waals surface area contributed by atoms with E-state index in [1.807, 2.05) is 66.4 Å². The summed E-state index contributed by atoms with van der Waals surface area (Å²) in [6, 6.07) is 37.0. The Morgan fingerprint density at radius 3 is 1.94 bits per heavy atom. The molecule has 9 nitrogen and oxygen atoms in total. The van der Waals surface area contributed by atoms with Gasteiger partial charge in [0, 0.05) is 29.8 Å². The van der Waals surface area contributed by atoms with Crippen LogP contribution in [-0.4, -0.2) is 83.9 Å². The minimum Gasteiger partial charge on any atom is -0.497 e. The lowest BCUT2D eigenvalue weighted by molar-refractivity contribution is -0.234. The standard InChI is InChI=1S/C56H78O9SSi/c1-40-51(49(66-47-20-16-13-17-21-47)34-44-26-31-48(55(44,5)6)53(52(40)57)63-39-58-7)56(64-37-41-18-14-12-15-19-41,38-61-35-42-22-27-45(59-8)28-23-42)50(32-33-65-67(10,11)54(2,3)4)62-36-43-24-29-46(60-9)30-25-43/h12-25,27-30,34,40,48-53,57H,26,31-33,35-39H2,1-11H3/b44-34+/t40-,48+,49+,50+,51+,52-,53+,56-/m0/s1. The quantitative estimate of drug-likeness (QED) is 0.0440. The average molecular weight is 955 g/mol. The van der Waals surface area contributed by atoms with E-state index in [1.165, 1.54) is 5.57 Å². The second-order valence-corrected chi connectivity index (χ2v) is 26.5. The van der Waals surface area contributed by atoms with Crippen molar-refractivity contribution in [1.29, 1.82) is 0 Å². The first-order chi connectivity index (χ1) is 32.0. The van der Waals surface area contributed by atoms with Crippen LogP contribution in [0.3, 0.4) is 0 Å². The predicted octanol–water partition coefficient (Wildman–Crippen LogP) is 12.3. The maximum absolute atomic E-state index is 13.2. The molecule has 0 amide bonds. The summed E-state index contributed by atoms with van der Waals surface area (Å²) in [5.41, 5.74) is 2.94. The molecule has 11 heteroatoms. The Morgan fingerprint density at radius 1 is 0.776 bits per heavy atom. The molecule has 2 bridgehead atoms. The topological polar surface area (TPSA) is 94.1 Å². The zero-order chi connectivity index (χ0) is 48.2. The summed E-state index contributed by atoms with van der Waals surface area (Å²) < 4.78 is 52.6. The van der Waals surface area contributed by atoms with Gasteiger partial charge in [-0.1, -0.05) is 126 Å². The molecule has 0 heterocycles. The van der Waals surface area contributed by atoms with E-state index < -0.39 is 44.1 Å². The fraction of sp³-hybridized carbons (Fsp3) is 0.536. The molecular weight excluding hydrogens is 877 g/mol. The van der Waals surface area contributed by atoms with Crippen molar-refractivity contribution in [1.82, 2.24) is 0 Å². The molecule has 1 fully saturated rings. The van der Waals surface area contributed by atoms with Gasteiger partial charge in [-0.2, -0.15) is 0 Å². The molecule has 0 aliphatic heterocycles. The first-order valence-corrected chi connectivity index (χ1v) is 27.8. The zero-order valence-corrected chi connectivity index (χ0v) is 43.8. The molecular formula is C56H78O9SSi. The Bertz CT molecular complexity index is 2110. The van der Waals surface area contributed by atoms with E-state index in [9.17, 15) is 5.11 Å². The fourth-order valence-corrected chi connectivity index (χ4v) is 12.4. The van der Waals surface area contributed by atoms with Crippen LogP contribution in [0.15, 0.2) is 126 Å². The van der Waals surface area contributed by atoms with Crippen molar-refractivity contribution in [2.45, 2.75) is 133 Å². The maximum Gasteiger partial charge on any atom is 0.191 e. The molecule has 2 aliphatic rings. The number of rotatable bonds is 23. The molecule has 0 aromatic heterocycles. The Morgan fingerprint density at radius 2 is 1.36 bits per heavy atom. The van der Waals surface area contributed by atoms with Gasteiger partial charge in [0.25, 0.3) is 0 Å². The van der Waals surface area contributed by atoms with E-state index in [2.05, 4.69) is 115 Å². The first kappa shape index (κ1) is 52.9. The minimum absolute atomic E-state index is 0.00182. The maximum atomic E-state index is 13.2. The summed E-state index contributed by atoms with van der Waals surface area (Å²) in [6.45, 7) is 19.8. The highest BCUT2D eigenvalue weighted by Gasteiger charge is 2.58. The van der Waals surface area contributed by atoms with Crippen LogP contribution in [0.4, 0.5) is 0 Å². The van der Waals surface area contributed by atoms with E-state index in [0.717, 1.165) is 45.9 Å². The summed E-state index contributed by atoms with van der Waals surface area (Å²) in [7, 11) is 2.79. The number of benzene rings is 4. The highest BCUT2D eigenvalue weighted by atomic mass is 32.2. The zero-order valence-electron chi connectivity index (χ0n) is 42.0. The van der Waals surface area contributed by atoms with Crippen molar-refractivity contribution in [2.24, 2.45) is 23.2 Å². The van der Waals surface area contributed by atoms with Crippen molar-refractivity contribution in [3.8, 4) is 11.5 Å². The molecule has 6 rings (SSSR count). The third-order valence-electron chi connectivity index (χ3n) is 14.9. The van der Waals surface area contributed by atoms with Crippen LogP contribution in [0.2, 0.25) is 18.1 Å². The van der Waals surface area contributed by atoms with Gasteiger partial charge in [-0.3, -0.25) is 0 Å². The molecule has 1 saturated carbocycles. The van der Waals surface area contributed by atoms with Crippen LogP contribution in [0.1, 0.15) is 77.5 Å². The number of fused-ring (bicyclic) bond motifs is 2. The van der Waals surface area contributed by atoms with Crippen molar-refractivity contribution >= 4 is 20.1 Å². The molecule has 4 aromatic rings. The van der Waals surface area contributed by atoms with Crippen LogP contribution in [0.5, 0.6) is 11.5 Å². The highest BCUT2D eigenvalue weighted by molar-refractivity contribution is 8.00. The van der Waals surface area contributed by atoms with Crippen LogP contribution in [0, 0.1) is 23.2 Å². The third kappa shape index (κ3) is 13.2. The molecule has 2 aliphatic carbocycles. The van der Waals surface area contributed by atoms with Gasteiger partial charge in [-0.25, -0.2) is 0 Å². The monoisotopic (exact) mass is 955 g/mol. The second-order valence-electron chi connectivity index (χ2n) is 20.5. The lowest BCUT2D eigenvalue weighted by atomic mass is 9.68. The van der Waals surface area contributed by atoms with E-state index in [1.54, 1.807) is 21.3 Å². The number of allylic oxidation sites excluding steroid dienone is 1. The molecule has 1 N–H and O–H groups in total. The van der Waals surface area contributed by atoms with E-state index in [-0.39, 0.29) is 41.6 Å². The van der Waals surface area contributed by atoms with Crippen molar-refractivity contribution in [2.75, 3.05) is 41.3 Å². The lowest BCUT2D eigenvalue weighted by Gasteiger charge is -2.51. The Balaban J connectivity index is 1.60. The van der Waals surface area contributed by atoms with Gasteiger partial charge in [-0.05, 0) is 108 Å². The molecule has 0 radical (unpaired) electrons. The van der Waals surface area contributed by atoms with Gasteiger partial charge in [0.2, 0.25) is 0 Å². The van der Waals surface area contributed by atoms with E-state index in [4.69, 9.17) is 37.6 Å². The summed E-state index contributed by atoms with van der Waals surface area (Å²) in [6.07, 6.45) is 2.84. The van der Waals surface area contributed by atoms with E-state index >= 15 is 0 Å². The first-order valence-electron chi connectivity index (χ1n) is 24.0. The van der Waals surface area contributed by atoms with Crippen molar-refractivity contribution in [3.05, 3.63) is 138 Å². The number of hydrogen-bond donors (Lipinski definition) is 1. The van der Waals surface area contributed by atoms with Crippen molar-refractivity contribution in [3.63, 3.8) is 0 Å². The molecule has 8 atom stereocenters. The fourth-order valence-electron chi connectivity index (χ4n) is 9.81. The van der Waals surface area contributed by atoms with Crippen molar-refractivity contribution < 1.29 is 42.7 Å². The number of ether oxygens (including phenoxy) is 7. The van der Waals surface area contributed by atoms with Crippen LogP contribution in [0.25, 0.3) is 0 Å². The number of hydrogen-bond acceptors (Lipinski definition) is 10. The molecule has 4 aromatic carbocycles. The number of aliphatic hydroxyl groups excluding tert-OH is 1. The van der Waals surface area contributed by atoms with E-state index in [0.29, 0.717) is 26.2 Å². The van der Waals surface area contributed by atoms with Crippen LogP contribution in [-0.2, 0) is 47.9 Å². The SMILES string of the molecule is COCO[C@H]1[C@@H](O)[C@@H](C)[C@@H]([C@@](COCc2ccc(OC)cc2)(OCc2ccccc2)[C@@H](CCO[Si](C)(C)C(C)(C)C)OCc2ccc(OC)cc2)[C@H](Sc2ccccc2)/C=C2\CC[C@H]1C2(C)C. The van der Waals surface area contributed by atoms with Crippen LogP contribution >= 0.6 is 11.8 Å². The molecule has 67 heavy (non-hydrogen) atoms. The van der Waals surface area contributed by atoms with Gasteiger partial charge < -0.3 is 42.7 Å². The summed E-state index contributed by atoms with van der Waals surface area (Å²) in [5.74, 6) is 0.808. The normalized spacial score (nSPS) is 24.1. The smallest absolute Gasteiger partial charge is 0.191 e. The van der Waals surface area contributed by atoms with Gasteiger partial charge in [0.05, 0.1) is 59.0 Å². The minimum atomic E-state index is -2.21. The van der Waals surface area contributed by atoms with Gasteiger partial charge in [-0.15, -0.1) is 11.8 Å². The molecule has 366 valence electrons. The Kier molecular flexibility index (Phi) is 18.8. The highest BCUT2D eigenvalue weighted by Crippen LogP contribution is 2.55. The number of aliphatic hydroxyl groups is 1. The summed E-state index contributed by atoms with van der Waals surface area (Å²) >= 11 is 1.82. The lowest BCUT2D eigenvalue weighted by Crippen LogP contribution is -2.62. The molecule has 0 unspecified atom stereocenters. The summed E-state index contributed by atoms with van der Waals surface area (Å²) in [5, 5.41) is 13.0. The van der Waals surface area contributed by atoms with Gasteiger partial charge >= 0.3 is 0 Å². The Hall–Kier alpha value is -3.49. The Labute approximate surface area is 407 Å². The van der Waals surface area contributed by atoms with Gasteiger partial charge in [0.15, 0.2) is 8.32 Å². The van der Waals surface area contributed by atoms with Gasteiger partial charge in [0.1, 0.15) is 23.9 Å². The van der Waals surface area contributed by atoms with Crippen LogP contribution < -0.4 is 9.47 Å². The number of methoxy groups -OCH3 is 3. The average Bonchev–Trinajstić information content (AvgIpc) is 3.61. The second kappa shape index (κ2) is 23.9.